The van der Waals surface area contributed by atoms with Crippen LogP contribution in [0.1, 0.15) is 37.8 Å². The van der Waals surface area contributed by atoms with Crippen LogP contribution in [-0.4, -0.2) is 37.0 Å². The number of tetrazole rings is 1. The minimum absolute atomic E-state index is 0.230. The number of aromatic nitrogens is 4. The zero-order valence-electron chi connectivity index (χ0n) is 9.25. The molecular formula is C9H14N4O2S. The van der Waals surface area contributed by atoms with Crippen molar-refractivity contribution in [3.8, 4) is 0 Å². The molecule has 0 aromatic carbocycles. The van der Waals surface area contributed by atoms with Gasteiger partial charge in [0.15, 0.2) is 11.4 Å². The molecule has 1 fully saturated rings. The molecule has 1 atom stereocenters. The van der Waals surface area contributed by atoms with Crippen LogP contribution in [0.15, 0.2) is 0 Å². The number of carbonyl (C=O) groups is 1. The van der Waals surface area contributed by atoms with E-state index in [1.54, 1.807) is 25.6 Å². The van der Waals surface area contributed by atoms with E-state index in [1.807, 2.05) is 0 Å². The lowest BCUT2D eigenvalue weighted by Gasteiger charge is -2.21. The maximum atomic E-state index is 11.2. The molecule has 1 unspecified atom stereocenters. The van der Waals surface area contributed by atoms with E-state index in [-0.39, 0.29) is 5.25 Å². The van der Waals surface area contributed by atoms with Gasteiger partial charge < -0.3 is 5.11 Å². The molecule has 1 aromatic rings. The number of hydrogen-bond donors (Lipinski definition) is 1. The highest BCUT2D eigenvalue weighted by Gasteiger charge is 2.36. The molecule has 1 aromatic heterocycles. The van der Waals surface area contributed by atoms with Gasteiger partial charge in [-0.15, -0.1) is 5.10 Å². The van der Waals surface area contributed by atoms with E-state index in [0.29, 0.717) is 5.82 Å². The van der Waals surface area contributed by atoms with Gasteiger partial charge in [0.2, 0.25) is 0 Å². The van der Waals surface area contributed by atoms with Crippen LogP contribution in [0, 0.1) is 0 Å². The Morgan fingerprint density at radius 1 is 1.62 bits per heavy atom. The highest BCUT2D eigenvalue weighted by Crippen LogP contribution is 2.39. The predicted octanol–water partition coefficient (Wildman–Crippen LogP) is 1.06. The summed E-state index contributed by atoms with van der Waals surface area (Å²) < 4.78 is 1.43. The largest absolute Gasteiger partial charge is 0.479 e. The van der Waals surface area contributed by atoms with Gasteiger partial charge in [0.05, 0.1) is 5.25 Å². The average Bonchev–Trinajstić information content (AvgIpc) is 2.88. The zero-order valence-corrected chi connectivity index (χ0v) is 10.1. The topological polar surface area (TPSA) is 80.9 Å². The SMILES string of the molecule is CC(C)(C(=O)O)n1nnnc1C1CCCS1. The zero-order chi connectivity index (χ0) is 11.8. The Hall–Kier alpha value is -1.11. The van der Waals surface area contributed by atoms with Gasteiger partial charge in [-0.3, -0.25) is 0 Å². The van der Waals surface area contributed by atoms with E-state index < -0.39 is 11.5 Å². The van der Waals surface area contributed by atoms with E-state index in [1.165, 1.54) is 4.68 Å². The molecule has 16 heavy (non-hydrogen) atoms. The van der Waals surface area contributed by atoms with Crippen molar-refractivity contribution in [3.05, 3.63) is 5.82 Å². The van der Waals surface area contributed by atoms with Crippen LogP contribution in [0.5, 0.6) is 0 Å². The van der Waals surface area contributed by atoms with E-state index in [4.69, 9.17) is 5.11 Å². The highest BCUT2D eigenvalue weighted by atomic mass is 32.2. The lowest BCUT2D eigenvalue weighted by molar-refractivity contribution is -0.146. The molecule has 7 heteroatoms. The lowest BCUT2D eigenvalue weighted by Crippen LogP contribution is -2.38. The first-order chi connectivity index (χ1) is 7.53. The van der Waals surface area contributed by atoms with Crippen molar-refractivity contribution in [3.63, 3.8) is 0 Å². The molecule has 2 heterocycles. The normalized spacial score (nSPS) is 21.2. The maximum absolute atomic E-state index is 11.2. The molecule has 1 aliphatic heterocycles. The first kappa shape index (κ1) is 11.4. The van der Waals surface area contributed by atoms with Gasteiger partial charge in [-0.05, 0) is 42.9 Å². The molecule has 0 radical (unpaired) electrons. The standard InChI is InChI=1S/C9H14N4O2S/c1-9(2,8(14)15)13-7(10-11-12-13)6-4-3-5-16-6/h6H,3-5H2,1-2H3,(H,14,15). The number of aliphatic carboxylic acids is 1. The van der Waals surface area contributed by atoms with Gasteiger partial charge in [-0.2, -0.15) is 11.8 Å². The predicted molar refractivity (Wildman–Crippen MR) is 59.2 cm³/mol. The summed E-state index contributed by atoms with van der Waals surface area (Å²) >= 11 is 1.79. The summed E-state index contributed by atoms with van der Waals surface area (Å²) in [5, 5.41) is 20.8. The monoisotopic (exact) mass is 242 g/mol. The lowest BCUT2D eigenvalue weighted by atomic mass is 10.1. The van der Waals surface area contributed by atoms with Crippen molar-refractivity contribution in [1.29, 1.82) is 0 Å². The summed E-state index contributed by atoms with van der Waals surface area (Å²) in [6, 6.07) is 0. The van der Waals surface area contributed by atoms with Crippen molar-refractivity contribution in [2.24, 2.45) is 0 Å². The summed E-state index contributed by atoms with van der Waals surface area (Å²) in [6.07, 6.45) is 2.15. The Morgan fingerprint density at radius 2 is 2.38 bits per heavy atom. The summed E-state index contributed by atoms with van der Waals surface area (Å²) in [5.41, 5.74) is -1.10. The molecule has 88 valence electrons. The van der Waals surface area contributed by atoms with Crippen molar-refractivity contribution < 1.29 is 9.90 Å². The molecule has 0 saturated carbocycles. The van der Waals surface area contributed by atoms with E-state index in [0.717, 1.165) is 18.6 Å². The van der Waals surface area contributed by atoms with Crippen LogP contribution in [0.25, 0.3) is 0 Å². The van der Waals surface area contributed by atoms with Crippen LogP contribution in [0.3, 0.4) is 0 Å². The molecule has 1 aliphatic rings. The second-order valence-corrected chi connectivity index (χ2v) is 5.63. The van der Waals surface area contributed by atoms with Crippen molar-refractivity contribution in [2.45, 2.75) is 37.5 Å². The average molecular weight is 242 g/mol. The number of rotatable bonds is 3. The molecule has 0 spiro atoms. The fourth-order valence-corrected chi connectivity index (χ4v) is 2.91. The Bertz CT molecular complexity index is 398. The fourth-order valence-electron chi connectivity index (χ4n) is 1.66. The molecular weight excluding hydrogens is 228 g/mol. The van der Waals surface area contributed by atoms with Gasteiger partial charge in [0.25, 0.3) is 0 Å². The Labute approximate surface area is 97.4 Å². The summed E-state index contributed by atoms with van der Waals surface area (Å²) in [6.45, 7) is 3.21. The van der Waals surface area contributed by atoms with Crippen LogP contribution in [-0.2, 0) is 10.3 Å². The van der Waals surface area contributed by atoms with Crippen LogP contribution >= 0.6 is 11.8 Å². The molecule has 0 bridgehead atoms. The molecule has 1 saturated heterocycles. The highest BCUT2D eigenvalue weighted by molar-refractivity contribution is 7.99. The van der Waals surface area contributed by atoms with Crippen molar-refractivity contribution >= 4 is 17.7 Å². The summed E-state index contributed by atoms with van der Waals surface area (Å²) in [4.78, 5) is 11.2. The Balaban J connectivity index is 2.35. The second kappa shape index (κ2) is 4.04. The van der Waals surface area contributed by atoms with E-state index >= 15 is 0 Å². The number of nitrogens with zero attached hydrogens (tertiary/aromatic N) is 4. The Kier molecular flexibility index (Phi) is 2.88. The third-order valence-corrected chi connectivity index (χ3v) is 4.14. The second-order valence-electron chi connectivity index (χ2n) is 4.31. The third kappa shape index (κ3) is 1.79. The van der Waals surface area contributed by atoms with Crippen LogP contribution in [0.4, 0.5) is 0 Å². The van der Waals surface area contributed by atoms with Gasteiger partial charge in [-0.25, -0.2) is 9.48 Å². The molecule has 0 amide bonds. The van der Waals surface area contributed by atoms with E-state index in [9.17, 15) is 4.79 Å². The van der Waals surface area contributed by atoms with Crippen molar-refractivity contribution in [1.82, 2.24) is 20.2 Å². The number of hydrogen-bond acceptors (Lipinski definition) is 5. The first-order valence-corrected chi connectivity index (χ1v) is 6.22. The van der Waals surface area contributed by atoms with Crippen LogP contribution < -0.4 is 0 Å². The maximum Gasteiger partial charge on any atom is 0.331 e. The Morgan fingerprint density at radius 3 is 2.94 bits per heavy atom. The fraction of sp³-hybridized carbons (Fsp3) is 0.778. The van der Waals surface area contributed by atoms with Gasteiger partial charge in [0, 0.05) is 0 Å². The number of carboxylic acid groups (broad SMARTS) is 1. The summed E-state index contributed by atoms with van der Waals surface area (Å²) in [5.74, 6) is 0.837. The van der Waals surface area contributed by atoms with Gasteiger partial charge in [0.1, 0.15) is 0 Å². The summed E-state index contributed by atoms with van der Waals surface area (Å²) in [7, 11) is 0. The van der Waals surface area contributed by atoms with Gasteiger partial charge in [-0.1, -0.05) is 0 Å². The number of thioether (sulfide) groups is 1. The minimum atomic E-state index is -1.10. The van der Waals surface area contributed by atoms with Crippen LogP contribution in [0.2, 0.25) is 0 Å². The smallest absolute Gasteiger partial charge is 0.331 e. The molecule has 2 rings (SSSR count). The first-order valence-electron chi connectivity index (χ1n) is 5.17. The minimum Gasteiger partial charge on any atom is -0.479 e. The van der Waals surface area contributed by atoms with Gasteiger partial charge >= 0.3 is 5.97 Å². The van der Waals surface area contributed by atoms with E-state index in [2.05, 4.69) is 15.5 Å². The van der Waals surface area contributed by atoms with Crippen molar-refractivity contribution in [2.75, 3.05) is 5.75 Å². The molecule has 1 N–H and O–H groups in total. The quantitative estimate of drug-likeness (QED) is 0.853. The number of carboxylic acids is 1. The third-order valence-electron chi connectivity index (χ3n) is 2.76. The molecule has 6 nitrogen and oxygen atoms in total. The molecule has 0 aliphatic carbocycles.